The van der Waals surface area contributed by atoms with Crippen molar-refractivity contribution >= 4 is 15.9 Å². The third kappa shape index (κ3) is 4.79. The lowest BCUT2D eigenvalue weighted by Gasteiger charge is -2.10. The Hall–Kier alpha value is -2.40. The fraction of sp³-hybridized carbons (Fsp3) is 0.286. The summed E-state index contributed by atoms with van der Waals surface area (Å²) in [5.74, 6) is -0.679. The fourth-order valence-electron chi connectivity index (χ4n) is 2.02. The van der Waals surface area contributed by atoms with Crippen molar-refractivity contribution in [2.45, 2.75) is 31.5 Å². The van der Waals surface area contributed by atoms with Gasteiger partial charge in [0.05, 0.1) is 16.2 Å². The van der Waals surface area contributed by atoms with Crippen LogP contribution in [0.4, 0.5) is 13.2 Å². The molecule has 0 aliphatic heterocycles. The Bertz CT molecular complexity index is 874. The van der Waals surface area contributed by atoms with Crippen LogP contribution in [0.3, 0.4) is 0 Å². The highest BCUT2D eigenvalue weighted by atomic mass is 32.2. The first-order valence-corrected chi connectivity index (χ1v) is 8.46. The van der Waals surface area contributed by atoms with Gasteiger partial charge in [0.2, 0.25) is 0 Å². The maximum Gasteiger partial charge on any atom is 0.416 e. The SMILES string of the molecule is Cc1cc(C)n(CC(=O)NNS(=O)(=O)c2ccc(C(F)(F)F)cc2)n1. The summed E-state index contributed by atoms with van der Waals surface area (Å²) in [6.07, 6.45) is -4.57. The fourth-order valence-corrected chi connectivity index (χ4v) is 2.88. The first-order valence-electron chi connectivity index (χ1n) is 6.98. The number of hydrogen-bond acceptors (Lipinski definition) is 4. The lowest BCUT2D eigenvalue weighted by Crippen LogP contribution is -2.43. The highest BCUT2D eigenvalue weighted by Gasteiger charge is 2.30. The van der Waals surface area contributed by atoms with E-state index in [1.54, 1.807) is 19.9 Å². The molecule has 1 amide bonds. The summed E-state index contributed by atoms with van der Waals surface area (Å²) in [7, 11) is -4.19. The molecule has 0 aliphatic rings. The minimum atomic E-state index is -4.57. The Kier molecular flexibility index (Phi) is 5.18. The first kappa shape index (κ1) is 18.9. The Balaban J connectivity index is 2.01. The Morgan fingerprint density at radius 2 is 1.80 bits per heavy atom. The van der Waals surface area contributed by atoms with Crippen LogP contribution in [-0.4, -0.2) is 24.1 Å². The van der Waals surface area contributed by atoms with Gasteiger partial charge in [-0.15, -0.1) is 4.83 Å². The predicted molar refractivity (Wildman–Crippen MR) is 81.6 cm³/mol. The van der Waals surface area contributed by atoms with Crippen LogP contribution in [0.15, 0.2) is 35.2 Å². The molecule has 0 atom stereocenters. The number of nitrogens with one attached hydrogen (secondary N) is 2. The second-order valence-corrected chi connectivity index (χ2v) is 6.94. The number of amides is 1. The lowest BCUT2D eigenvalue weighted by molar-refractivity contribution is -0.137. The number of carbonyl (C=O) groups excluding carboxylic acids is 1. The van der Waals surface area contributed by atoms with Gasteiger partial charge in [-0.25, -0.2) is 8.42 Å². The molecule has 0 radical (unpaired) electrons. The molecule has 11 heteroatoms. The molecule has 7 nitrogen and oxygen atoms in total. The summed E-state index contributed by atoms with van der Waals surface area (Å²) in [4.78, 5) is 13.2. The van der Waals surface area contributed by atoms with Crippen LogP contribution in [0.25, 0.3) is 0 Å². The normalized spacial score (nSPS) is 12.2. The van der Waals surface area contributed by atoms with Crippen molar-refractivity contribution in [2.24, 2.45) is 0 Å². The minimum absolute atomic E-state index is 0.213. The topological polar surface area (TPSA) is 93.1 Å². The molecule has 25 heavy (non-hydrogen) atoms. The van der Waals surface area contributed by atoms with Crippen LogP contribution in [0.5, 0.6) is 0 Å². The van der Waals surface area contributed by atoms with E-state index in [-0.39, 0.29) is 6.54 Å². The molecule has 0 spiro atoms. The van der Waals surface area contributed by atoms with Crippen LogP contribution < -0.4 is 10.3 Å². The lowest BCUT2D eigenvalue weighted by atomic mass is 10.2. The molecule has 1 heterocycles. The third-order valence-electron chi connectivity index (χ3n) is 3.21. The number of nitrogens with zero attached hydrogens (tertiary/aromatic N) is 2. The van der Waals surface area contributed by atoms with E-state index in [0.29, 0.717) is 17.8 Å². The molecule has 0 saturated heterocycles. The second kappa shape index (κ2) is 6.84. The number of sulfonamides is 1. The Morgan fingerprint density at radius 3 is 2.28 bits per heavy atom. The summed E-state index contributed by atoms with van der Waals surface area (Å²) in [6.45, 7) is 3.27. The van der Waals surface area contributed by atoms with Crippen LogP contribution in [-0.2, 0) is 27.5 Å². The monoisotopic (exact) mass is 376 g/mol. The van der Waals surface area contributed by atoms with Crippen molar-refractivity contribution in [1.82, 2.24) is 20.0 Å². The van der Waals surface area contributed by atoms with Gasteiger partial charge >= 0.3 is 6.18 Å². The van der Waals surface area contributed by atoms with Gasteiger partial charge in [-0.1, -0.05) is 0 Å². The van der Waals surface area contributed by atoms with E-state index in [9.17, 15) is 26.4 Å². The van der Waals surface area contributed by atoms with Gasteiger partial charge in [-0.3, -0.25) is 14.9 Å². The van der Waals surface area contributed by atoms with Gasteiger partial charge in [0, 0.05) is 5.69 Å². The maximum absolute atomic E-state index is 12.5. The molecule has 0 unspecified atom stereocenters. The average Bonchev–Trinajstić information content (AvgIpc) is 2.82. The van der Waals surface area contributed by atoms with Crippen LogP contribution >= 0.6 is 0 Å². The van der Waals surface area contributed by atoms with Crippen molar-refractivity contribution < 1.29 is 26.4 Å². The van der Waals surface area contributed by atoms with E-state index >= 15 is 0 Å². The molecular formula is C14H15F3N4O3S. The molecule has 0 saturated carbocycles. The van der Waals surface area contributed by atoms with Gasteiger partial charge in [-0.2, -0.15) is 18.3 Å². The second-order valence-electron chi connectivity index (χ2n) is 5.26. The van der Waals surface area contributed by atoms with Crippen molar-refractivity contribution in [3.05, 3.63) is 47.3 Å². The molecule has 2 N–H and O–H groups in total. The molecule has 2 rings (SSSR count). The molecule has 1 aromatic heterocycles. The number of hydrazine groups is 1. The standard InChI is InChI=1S/C14H15F3N4O3S/c1-9-7-10(2)21(19-9)8-13(22)18-20-25(23,24)12-5-3-11(4-6-12)14(15,16)17/h3-7,20H,8H2,1-2H3,(H,18,22). The van der Waals surface area contributed by atoms with Crippen molar-refractivity contribution in [3.63, 3.8) is 0 Å². The average molecular weight is 376 g/mol. The van der Waals surface area contributed by atoms with Gasteiger partial charge in [0.1, 0.15) is 6.54 Å². The minimum Gasteiger partial charge on any atom is -0.276 e. The zero-order chi connectivity index (χ0) is 18.8. The van der Waals surface area contributed by atoms with Crippen molar-refractivity contribution in [1.29, 1.82) is 0 Å². The number of carbonyl (C=O) groups is 1. The molecule has 0 aliphatic carbocycles. The number of aryl methyl sites for hydroxylation is 2. The number of rotatable bonds is 5. The Labute approximate surface area is 141 Å². The molecule has 0 fully saturated rings. The molecular weight excluding hydrogens is 361 g/mol. The van der Waals surface area contributed by atoms with E-state index in [1.165, 1.54) is 4.68 Å². The van der Waals surface area contributed by atoms with Gasteiger partial charge < -0.3 is 0 Å². The number of alkyl halides is 3. The van der Waals surface area contributed by atoms with Crippen LogP contribution in [0.2, 0.25) is 0 Å². The molecule has 2 aromatic rings. The van der Waals surface area contributed by atoms with E-state index in [0.717, 1.165) is 17.8 Å². The van der Waals surface area contributed by atoms with Gasteiger partial charge in [0.15, 0.2) is 0 Å². The summed E-state index contributed by atoms with van der Waals surface area (Å²) >= 11 is 0. The van der Waals surface area contributed by atoms with Crippen LogP contribution in [0, 0.1) is 13.8 Å². The first-order chi connectivity index (χ1) is 11.5. The number of aromatic nitrogens is 2. The van der Waals surface area contributed by atoms with E-state index in [1.807, 2.05) is 10.3 Å². The number of halogens is 3. The zero-order valence-corrected chi connectivity index (χ0v) is 14.1. The Morgan fingerprint density at radius 1 is 1.20 bits per heavy atom. The third-order valence-corrected chi connectivity index (χ3v) is 4.48. The highest BCUT2D eigenvalue weighted by Crippen LogP contribution is 2.29. The number of hydrogen-bond donors (Lipinski definition) is 2. The highest BCUT2D eigenvalue weighted by molar-refractivity contribution is 7.89. The van der Waals surface area contributed by atoms with Crippen LogP contribution in [0.1, 0.15) is 17.0 Å². The van der Waals surface area contributed by atoms with Crippen molar-refractivity contribution in [3.8, 4) is 0 Å². The predicted octanol–water partition coefficient (Wildman–Crippen LogP) is 1.53. The molecule has 0 bridgehead atoms. The smallest absolute Gasteiger partial charge is 0.276 e. The van der Waals surface area contributed by atoms with E-state index in [4.69, 9.17) is 0 Å². The quantitative estimate of drug-likeness (QED) is 0.774. The van der Waals surface area contributed by atoms with Gasteiger partial charge in [-0.05, 0) is 44.2 Å². The number of benzene rings is 1. The van der Waals surface area contributed by atoms with E-state index in [2.05, 4.69) is 5.10 Å². The molecule has 136 valence electrons. The van der Waals surface area contributed by atoms with Gasteiger partial charge in [0.25, 0.3) is 15.9 Å². The summed E-state index contributed by atoms with van der Waals surface area (Å²) in [5.41, 5.74) is 2.44. The van der Waals surface area contributed by atoms with Crippen molar-refractivity contribution in [2.75, 3.05) is 0 Å². The summed E-state index contributed by atoms with van der Waals surface area (Å²) < 4.78 is 62.8. The summed E-state index contributed by atoms with van der Waals surface area (Å²) in [6, 6.07) is 4.65. The maximum atomic E-state index is 12.5. The van der Waals surface area contributed by atoms with E-state index < -0.39 is 32.6 Å². The zero-order valence-electron chi connectivity index (χ0n) is 13.3. The molecule has 1 aromatic carbocycles. The largest absolute Gasteiger partial charge is 0.416 e. The summed E-state index contributed by atoms with van der Waals surface area (Å²) in [5, 5.41) is 4.06.